The molecule has 2 N–H and O–H groups in total. The van der Waals surface area contributed by atoms with Crippen LogP contribution in [0, 0.1) is 23.7 Å². The van der Waals surface area contributed by atoms with Crippen LogP contribution in [-0.4, -0.2) is 53.1 Å². The molecule has 1 aliphatic carbocycles. The first-order valence-corrected chi connectivity index (χ1v) is 12.6. The van der Waals surface area contributed by atoms with E-state index in [1.165, 1.54) is 4.90 Å². The average molecular weight is 511 g/mol. The van der Waals surface area contributed by atoms with Crippen molar-refractivity contribution in [1.29, 1.82) is 0 Å². The Balaban J connectivity index is 1.72. The number of likely N-dealkylation sites (tertiary alicyclic amines) is 1. The Kier molecular flexibility index (Phi) is 8.11. The predicted octanol–water partition coefficient (Wildman–Crippen LogP) is 3.71. The molecule has 4 rings (SSSR count). The molecule has 1 saturated heterocycles. The van der Waals surface area contributed by atoms with E-state index < -0.39 is 35.8 Å². The van der Waals surface area contributed by atoms with Gasteiger partial charge >= 0.3 is 5.97 Å². The summed E-state index contributed by atoms with van der Waals surface area (Å²) in [6, 6.07) is 14.7. The van der Waals surface area contributed by atoms with E-state index >= 15 is 0 Å². The number of aliphatic hydroxyl groups excluding tert-OH is 1. The summed E-state index contributed by atoms with van der Waals surface area (Å²) in [7, 11) is 0. The topological polar surface area (TPSA) is 95.9 Å². The van der Waals surface area contributed by atoms with Crippen LogP contribution in [0.3, 0.4) is 0 Å². The molecular formula is C28H31ClN2O5. The Morgan fingerprint density at radius 2 is 1.81 bits per heavy atom. The van der Waals surface area contributed by atoms with Crippen LogP contribution in [0.2, 0.25) is 5.02 Å². The highest BCUT2D eigenvalue weighted by Gasteiger charge is 2.58. The number of ether oxygens (including phenoxy) is 1. The molecule has 2 aliphatic rings. The number of amides is 2. The van der Waals surface area contributed by atoms with Gasteiger partial charge in [0.2, 0.25) is 11.8 Å². The summed E-state index contributed by atoms with van der Waals surface area (Å²) in [4.78, 5) is 42.1. The van der Waals surface area contributed by atoms with Crippen LogP contribution in [0.25, 0.3) is 0 Å². The zero-order chi connectivity index (χ0) is 25.8. The van der Waals surface area contributed by atoms with E-state index in [0.717, 1.165) is 5.56 Å². The van der Waals surface area contributed by atoms with Gasteiger partial charge in [-0.05, 0) is 49.1 Å². The Hall–Kier alpha value is -3.16. The molecule has 0 bridgehead atoms. The third-order valence-electron chi connectivity index (χ3n) is 7.07. The summed E-state index contributed by atoms with van der Waals surface area (Å²) < 4.78 is 5.32. The number of carbonyl (C=O) groups excluding carboxylic acids is 3. The van der Waals surface area contributed by atoms with Crippen LogP contribution in [0.5, 0.6) is 0 Å². The van der Waals surface area contributed by atoms with E-state index in [1.54, 1.807) is 31.2 Å². The molecule has 190 valence electrons. The van der Waals surface area contributed by atoms with Crippen LogP contribution in [0.4, 0.5) is 5.69 Å². The summed E-state index contributed by atoms with van der Waals surface area (Å²) in [5, 5.41) is 13.8. The van der Waals surface area contributed by atoms with Gasteiger partial charge in [0.1, 0.15) is 6.04 Å². The number of nitrogens with one attached hydrogen (secondary N) is 1. The van der Waals surface area contributed by atoms with Gasteiger partial charge in [-0.2, -0.15) is 0 Å². The number of anilines is 1. The number of rotatable bonds is 8. The molecule has 0 unspecified atom stereocenters. The number of allylic oxidation sites excluding steroid dienone is 1. The Labute approximate surface area is 216 Å². The minimum atomic E-state index is -0.903. The van der Waals surface area contributed by atoms with Gasteiger partial charge in [-0.3, -0.25) is 14.4 Å². The molecule has 6 atom stereocenters. The molecule has 0 aromatic heterocycles. The van der Waals surface area contributed by atoms with E-state index in [2.05, 4.69) is 5.32 Å². The maximum absolute atomic E-state index is 14.0. The SMILES string of the molecule is CCOC(=O)[C@H]1[C@@H]2C(=O)N([C@@H](CO)Cc3ccccc3)[C@H](C(=O)Nc3ccc(Cl)cc3)[C@H]2C=C[C@H]1C. The lowest BCUT2D eigenvalue weighted by Crippen LogP contribution is -2.51. The van der Waals surface area contributed by atoms with Gasteiger partial charge in [0, 0.05) is 16.6 Å². The lowest BCUT2D eigenvalue weighted by molar-refractivity contribution is -0.155. The van der Waals surface area contributed by atoms with Gasteiger partial charge in [-0.25, -0.2) is 0 Å². The fraction of sp³-hybridized carbons (Fsp3) is 0.393. The van der Waals surface area contributed by atoms with Gasteiger partial charge in [0.05, 0.1) is 31.1 Å². The molecule has 0 saturated carbocycles. The average Bonchev–Trinajstić information content (AvgIpc) is 3.16. The normalized spacial score (nSPS) is 25.8. The van der Waals surface area contributed by atoms with E-state index in [4.69, 9.17) is 16.3 Å². The third kappa shape index (κ3) is 5.18. The summed E-state index contributed by atoms with van der Waals surface area (Å²) in [6.07, 6.45) is 4.12. The van der Waals surface area contributed by atoms with Gasteiger partial charge in [0.15, 0.2) is 0 Å². The lowest BCUT2D eigenvalue weighted by Gasteiger charge is -2.33. The van der Waals surface area contributed by atoms with Crippen molar-refractivity contribution in [3.63, 3.8) is 0 Å². The van der Waals surface area contributed by atoms with Gasteiger partial charge in [-0.15, -0.1) is 0 Å². The molecule has 0 radical (unpaired) electrons. The van der Waals surface area contributed by atoms with Gasteiger partial charge in [0.25, 0.3) is 0 Å². The van der Waals surface area contributed by atoms with Crippen molar-refractivity contribution in [3.05, 3.63) is 77.3 Å². The van der Waals surface area contributed by atoms with Crippen LogP contribution in [-0.2, 0) is 25.5 Å². The summed E-state index contributed by atoms with van der Waals surface area (Å²) in [6.45, 7) is 3.48. The number of fused-ring (bicyclic) bond motifs is 1. The van der Waals surface area contributed by atoms with E-state index in [9.17, 15) is 19.5 Å². The van der Waals surface area contributed by atoms with Crippen LogP contribution in [0.1, 0.15) is 19.4 Å². The monoisotopic (exact) mass is 510 g/mol. The third-order valence-corrected chi connectivity index (χ3v) is 7.32. The quantitative estimate of drug-likeness (QED) is 0.417. The molecule has 8 heteroatoms. The first kappa shape index (κ1) is 25.9. The first-order valence-electron chi connectivity index (χ1n) is 12.2. The smallest absolute Gasteiger partial charge is 0.310 e. The molecule has 2 aromatic carbocycles. The maximum Gasteiger partial charge on any atom is 0.310 e. The minimum Gasteiger partial charge on any atom is -0.466 e. The summed E-state index contributed by atoms with van der Waals surface area (Å²) >= 11 is 5.98. The molecule has 1 heterocycles. The van der Waals surface area contributed by atoms with Gasteiger partial charge in [-0.1, -0.05) is 61.0 Å². The highest BCUT2D eigenvalue weighted by Crippen LogP contribution is 2.45. The van der Waals surface area contributed by atoms with Crippen LogP contribution in [0.15, 0.2) is 66.7 Å². The highest BCUT2D eigenvalue weighted by molar-refractivity contribution is 6.30. The number of aliphatic hydroxyl groups is 1. The second-order valence-electron chi connectivity index (χ2n) is 9.34. The van der Waals surface area contributed by atoms with E-state index in [-0.39, 0.29) is 30.9 Å². The van der Waals surface area contributed by atoms with Crippen molar-refractivity contribution in [2.75, 3.05) is 18.5 Å². The van der Waals surface area contributed by atoms with Crippen molar-refractivity contribution in [3.8, 4) is 0 Å². The molecule has 36 heavy (non-hydrogen) atoms. The zero-order valence-electron chi connectivity index (χ0n) is 20.3. The second-order valence-corrected chi connectivity index (χ2v) is 9.77. The molecule has 1 aliphatic heterocycles. The van der Waals surface area contributed by atoms with Crippen molar-refractivity contribution >= 4 is 35.1 Å². The first-order chi connectivity index (χ1) is 17.3. The van der Waals surface area contributed by atoms with Crippen LogP contribution < -0.4 is 5.32 Å². The Morgan fingerprint density at radius 1 is 1.11 bits per heavy atom. The van der Waals surface area contributed by atoms with Gasteiger partial charge < -0.3 is 20.1 Å². The summed E-state index contributed by atoms with van der Waals surface area (Å²) in [5.74, 6) is -3.38. The second kappa shape index (κ2) is 11.3. The molecular weight excluding hydrogens is 480 g/mol. The number of hydrogen-bond acceptors (Lipinski definition) is 5. The maximum atomic E-state index is 14.0. The molecule has 2 aromatic rings. The Bertz CT molecular complexity index is 1120. The summed E-state index contributed by atoms with van der Waals surface area (Å²) in [5.41, 5.74) is 1.47. The van der Waals surface area contributed by atoms with Crippen molar-refractivity contribution in [2.45, 2.75) is 32.4 Å². The predicted molar refractivity (Wildman–Crippen MR) is 137 cm³/mol. The fourth-order valence-electron chi connectivity index (χ4n) is 5.42. The largest absolute Gasteiger partial charge is 0.466 e. The minimum absolute atomic E-state index is 0.203. The van der Waals surface area contributed by atoms with Crippen molar-refractivity contribution in [1.82, 2.24) is 4.90 Å². The number of hydrogen-bond donors (Lipinski definition) is 2. The number of halogens is 1. The fourth-order valence-corrected chi connectivity index (χ4v) is 5.54. The number of esters is 1. The van der Waals surface area contributed by atoms with Crippen LogP contribution >= 0.6 is 11.6 Å². The molecule has 0 spiro atoms. The van der Waals surface area contributed by atoms with Crippen molar-refractivity contribution in [2.24, 2.45) is 23.7 Å². The molecule has 7 nitrogen and oxygen atoms in total. The van der Waals surface area contributed by atoms with Crippen molar-refractivity contribution < 1.29 is 24.2 Å². The van der Waals surface area contributed by atoms with E-state index in [0.29, 0.717) is 17.1 Å². The lowest BCUT2D eigenvalue weighted by atomic mass is 9.70. The zero-order valence-corrected chi connectivity index (χ0v) is 21.1. The number of nitrogens with zero attached hydrogens (tertiary/aromatic N) is 1. The number of benzene rings is 2. The molecule has 1 fully saturated rings. The van der Waals surface area contributed by atoms with E-state index in [1.807, 2.05) is 49.4 Å². The number of carbonyl (C=O) groups is 3. The Morgan fingerprint density at radius 3 is 2.44 bits per heavy atom. The molecule has 2 amide bonds. The highest BCUT2D eigenvalue weighted by atomic mass is 35.5. The standard InChI is InChI=1S/C28H31ClN2O5/c1-3-36-28(35)23-17(2)9-14-22-24(23)27(34)31(21(16-32)15-18-7-5-4-6-8-18)25(22)26(33)30-20-12-10-19(29)11-13-20/h4-14,17,21-25,32H,3,15-16H2,1-2H3,(H,30,33)/t17-,21-,22+,23-,24-,25+/m1/s1.